The van der Waals surface area contributed by atoms with Gasteiger partial charge >= 0.3 is 0 Å². The molecule has 0 atom stereocenters. The first kappa shape index (κ1) is 18.3. The fourth-order valence-corrected chi connectivity index (χ4v) is 3.86. The van der Waals surface area contributed by atoms with Gasteiger partial charge < -0.3 is 4.98 Å². The monoisotopic (exact) mass is 421 g/mol. The lowest BCUT2D eigenvalue weighted by Gasteiger charge is -2.04. The summed E-state index contributed by atoms with van der Waals surface area (Å²) in [6, 6.07) is 14.1. The van der Waals surface area contributed by atoms with Crippen molar-refractivity contribution in [2.45, 2.75) is 6.92 Å². The number of hydrogen-bond donors (Lipinski definition) is 2. The number of H-pyrrole nitrogens is 2. The molecule has 0 radical (unpaired) electrons. The molecule has 0 aliphatic carbocycles. The molecule has 0 spiro atoms. The standard InChI is InChI=1S/C24H16FN7/c1-13-7-9-26-12-17(13)18-5-6-19-21(28-18)22(32-31-19)24-29-20-16(8-10-27-23(20)30-24)14-3-2-4-15(25)11-14/h2-12H,1H3,(H,31,32)(H,27,29,30). The predicted octanol–water partition coefficient (Wildman–Crippen LogP) is 5.07. The van der Waals surface area contributed by atoms with E-state index in [9.17, 15) is 4.39 Å². The molecule has 0 aliphatic heterocycles. The van der Waals surface area contributed by atoms with Crippen LogP contribution in [0.3, 0.4) is 0 Å². The van der Waals surface area contributed by atoms with E-state index in [-0.39, 0.29) is 5.82 Å². The van der Waals surface area contributed by atoms with Crippen LogP contribution >= 0.6 is 0 Å². The van der Waals surface area contributed by atoms with Crippen molar-refractivity contribution in [3.05, 3.63) is 78.5 Å². The van der Waals surface area contributed by atoms with E-state index < -0.39 is 0 Å². The van der Waals surface area contributed by atoms with Gasteiger partial charge in [-0.05, 0) is 54.4 Å². The van der Waals surface area contributed by atoms with Crippen LogP contribution in [-0.4, -0.2) is 35.1 Å². The Hall–Kier alpha value is -4.46. The first-order valence-electron chi connectivity index (χ1n) is 10.0. The summed E-state index contributed by atoms with van der Waals surface area (Å²) in [7, 11) is 0. The number of aryl methyl sites for hydroxylation is 1. The number of nitrogens with one attached hydrogen (secondary N) is 2. The summed E-state index contributed by atoms with van der Waals surface area (Å²) in [5, 5.41) is 7.47. The number of imidazole rings is 1. The minimum Gasteiger partial charge on any atom is -0.321 e. The molecule has 0 saturated carbocycles. The molecule has 5 aromatic heterocycles. The number of aromatic amines is 2. The Labute approximate surface area is 181 Å². The number of hydrogen-bond acceptors (Lipinski definition) is 5. The molecule has 0 fully saturated rings. The maximum Gasteiger partial charge on any atom is 0.162 e. The zero-order valence-corrected chi connectivity index (χ0v) is 17.0. The van der Waals surface area contributed by atoms with Gasteiger partial charge in [0.15, 0.2) is 17.2 Å². The van der Waals surface area contributed by atoms with Gasteiger partial charge in [-0.1, -0.05) is 12.1 Å². The normalized spacial score (nSPS) is 11.4. The molecule has 8 heteroatoms. The van der Waals surface area contributed by atoms with E-state index in [0.717, 1.165) is 33.5 Å². The average Bonchev–Trinajstić information content (AvgIpc) is 3.42. The van der Waals surface area contributed by atoms with Crippen LogP contribution in [0.2, 0.25) is 0 Å². The van der Waals surface area contributed by atoms with Crippen molar-refractivity contribution >= 4 is 22.2 Å². The zero-order chi connectivity index (χ0) is 21.7. The van der Waals surface area contributed by atoms with Gasteiger partial charge in [0.25, 0.3) is 0 Å². The van der Waals surface area contributed by atoms with E-state index in [0.29, 0.717) is 28.2 Å². The topological polar surface area (TPSA) is 96.0 Å². The molecule has 2 N–H and O–H groups in total. The molecule has 6 aromatic rings. The van der Waals surface area contributed by atoms with Gasteiger partial charge in [0, 0.05) is 29.7 Å². The van der Waals surface area contributed by atoms with Gasteiger partial charge in [0.2, 0.25) is 0 Å². The van der Waals surface area contributed by atoms with Gasteiger partial charge in [-0.2, -0.15) is 5.10 Å². The van der Waals surface area contributed by atoms with Crippen molar-refractivity contribution in [1.29, 1.82) is 0 Å². The van der Waals surface area contributed by atoms with Crippen LogP contribution in [0.4, 0.5) is 4.39 Å². The van der Waals surface area contributed by atoms with Crippen LogP contribution in [-0.2, 0) is 0 Å². The number of halogens is 1. The summed E-state index contributed by atoms with van der Waals surface area (Å²) in [5.74, 6) is 0.235. The number of aromatic nitrogens is 7. The Balaban J connectivity index is 1.52. The van der Waals surface area contributed by atoms with Gasteiger partial charge in [-0.25, -0.2) is 19.3 Å². The molecule has 1 aromatic carbocycles. The highest BCUT2D eigenvalue weighted by molar-refractivity contribution is 5.95. The van der Waals surface area contributed by atoms with Crippen LogP contribution in [0.1, 0.15) is 5.56 Å². The molecule has 0 amide bonds. The fourth-order valence-electron chi connectivity index (χ4n) is 3.86. The molecule has 154 valence electrons. The highest BCUT2D eigenvalue weighted by Gasteiger charge is 2.17. The Morgan fingerprint density at radius 3 is 2.72 bits per heavy atom. The molecule has 7 nitrogen and oxygen atoms in total. The average molecular weight is 421 g/mol. The van der Waals surface area contributed by atoms with Gasteiger partial charge in [-0.15, -0.1) is 0 Å². The largest absolute Gasteiger partial charge is 0.321 e. The first-order valence-corrected chi connectivity index (χ1v) is 10.0. The van der Waals surface area contributed by atoms with Crippen molar-refractivity contribution < 1.29 is 4.39 Å². The summed E-state index contributed by atoms with van der Waals surface area (Å²) >= 11 is 0. The summed E-state index contributed by atoms with van der Waals surface area (Å²) < 4.78 is 13.8. The van der Waals surface area contributed by atoms with Crippen molar-refractivity contribution in [3.63, 3.8) is 0 Å². The van der Waals surface area contributed by atoms with Crippen LogP contribution in [0, 0.1) is 12.7 Å². The molecule has 32 heavy (non-hydrogen) atoms. The van der Waals surface area contributed by atoms with Gasteiger partial charge in [-0.3, -0.25) is 10.1 Å². The lowest BCUT2D eigenvalue weighted by Crippen LogP contribution is -1.90. The summed E-state index contributed by atoms with van der Waals surface area (Å²) in [4.78, 5) is 21.5. The van der Waals surface area contributed by atoms with Crippen molar-refractivity contribution in [2.24, 2.45) is 0 Å². The minimum atomic E-state index is -0.302. The van der Waals surface area contributed by atoms with Crippen LogP contribution < -0.4 is 0 Å². The Bertz CT molecular complexity index is 1620. The number of benzene rings is 1. The van der Waals surface area contributed by atoms with E-state index in [4.69, 9.17) is 9.97 Å². The second-order valence-electron chi connectivity index (χ2n) is 7.51. The van der Waals surface area contributed by atoms with Crippen LogP contribution in [0.15, 0.2) is 67.1 Å². The van der Waals surface area contributed by atoms with E-state index in [2.05, 4.69) is 25.1 Å². The number of fused-ring (bicyclic) bond motifs is 2. The maximum absolute atomic E-state index is 13.8. The third-order valence-electron chi connectivity index (χ3n) is 5.47. The second kappa shape index (κ2) is 7.05. The summed E-state index contributed by atoms with van der Waals surface area (Å²) in [6.07, 6.45) is 5.24. The molecular formula is C24H16FN7. The van der Waals surface area contributed by atoms with Gasteiger partial charge in [0.1, 0.15) is 16.9 Å². The van der Waals surface area contributed by atoms with Crippen molar-refractivity contribution in [1.82, 2.24) is 35.1 Å². The lowest BCUT2D eigenvalue weighted by atomic mass is 10.1. The van der Waals surface area contributed by atoms with Crippen LogP contribution in [0.25, 0.3) is 56.1 Å². The molecule has 0 bridgehead atoms. The summed E-state index contributed by atoms with van der Waals surface area (Å²) in [5.41, 5.74) is 7.69. The molecule has 5 heterocycles. The van der Waals surface area contributed by atoms with E-state index in [1.807, 2.05) is 37.3 Å². The van der Waals surface area contributed by atoms with Gasteiger partial charge in [0.05, 0.1) is 11.2 Å². The SMILES string of the molecule is Cc1ccncc1-c1ccc2[nH]nc(-c3nc4c(-c5cccc(F)c5)ccnc4[nH]3)c2n1. The Kier molecular flexibility index (Phi) is 4.04. The highest BCUT2D eigenvalue weighted by Crippen LogP contribution is 2.31. The highest BCUT2D eigenvalue weighted by atomic mass is 19.1. The third-order valence-corrected chi connectivity index (χ3v) is 5.47. The second-order valence-corrected chi connectivity index (χ2v) is 7.51. The smallest absolute Gasteiger partial charge is 0.162 e. The minimum absolute atomic E-state index is 0.302. The molecular weight excluding hydrogens is 405 g/mol. The maximum atomic E-state index is 13.8. The Morgan fingerprint density at radius 1 is 0.906 bits per heavy atom. The van der Waals surface area contributed by atoms with Crippen LogP contribution in [0.5, 0.6) is 0 Å². The predicted molar refractivity (Wildman–Crippen MR) is 120 cm³/mol. The number of rotatable bonds is 3. The first-order chi connectivity index (χ1) is 15.7. The summed E-state index contributed by atoms with van der Waals surface area (Å²) in [6.45, 7) is 2.03. The van der Waals surface area contributed by atoms with E-state index in [1.165, 1.54) is 12.1 Å². The van der Waals surface area contributed by atoms with E-state index >= 15 is 0 Å². The lowest BCUT2D eigenvalue weighted by molar-refractivity contribution is 0.628. The fraction of sp³-hybridized carbons (Fsp3) is 0.0417. The Morgan fingerprint density at radius 2 is 1.84 bits per heavy atom. The quantitative estimate of drug-likeness (QED) is 0.416. The molecule has 0 saturated heterocycles. The number of pyridine rings is 3. The third kappa shape index (κ3) is 2.92. The van der Waals surface area contributed by atoms with E-state index in [1.54, 1.807) is 24.7 Å². The number of nitrogens with zero attached hydrogens (tertiary/aromatic N) is 5. The molecule has 0 unspecified atom stereocenters. The van der Waals surface area contributed by atoms with Crippen molar-refractivity contribution in [2.75, 3.05) is 0 Å². The molecule has 6 rings (SSSR count). The molecule has 0 aliphatic rings. The van der Waals surface area contributed by atoms with Crippen molar-refractivity contribution in [3.8, 4) is 33.9 Å². The zero-order valence-electron chi connectivity index (χ0n) is 17.0.